The quantitative estimate of drug-likeness (QED) is 0.297. The van der Waals surface area contributed by atoms with E-state index in [4.69, 9.17) is 0 Å². The number of nitrogens with zero attached hydrogens (tertiary/aromatic N) is 1. The summed E-state index contributed by atoms with van der Waals surface area (Å²) in [6.45, 7) is 4.82. The molecule has 0 fully saturated rings. The maximum atomic E-state index is 9.81. The van der Waals surface area contributed by atoms with Crippen LogP contribution in [-0.2, 0) is 261 Å². The van der Waals surface area contributed by atoms with Crippen LogP contribution in [0.3, 0.4) is 0 Å². The van der Waals surface area contributed by atoms with Gasteiger partial charge in [0.2, 0.25) is 0 Å². The van der Waals surface area contributed by atoms with E-state index in [0.717, 1.165) is 0 Å². The van der Waals surface area contributed by atoms with Crippen molar-refractivity contribution >= 4 is 11.7 Å². The number of carbonyl (C=O) groups is 2. The van der Waals surface area contributed by atoms with Gasteiger partial charge >= 0.3 is 39.4 Å². The van der Waals surface area contributed by atoms with Gasteiger partial charge in [0.15, 0.2) is 0 Å². The molecule has 0 saturated carbocycles. The van der Waals surface area contributed by atoms with Crippen LogP contribution >= 0.6 is 0 Å². The zero-order valence-corrected chi connectivity index (χ0v) is 32.6. The minimum Gasteiger partial charge on any atom is -0.358 e. The molecule has 0 aliphatic heterocycles. The molecule has 0 aliphatic carbocycles. The van der Waals surface area contributed by atoms with Gasteiger partial charge in [-0.3, -0.25) is 0 Å². The molecule has 0 aromatic carbocycles. The van der Waals surface area contributed by atoms with E-state index < -0.39 is 0 Å². The van der Waals surface area contributed by atoms with Crippen molar-refractivity contribution in [3.05, 3.63) is 7.43 Å². The van der Waals surface area contributed by atoms with Crippen molar-refractivity contribution in [1.29, 1.82) is 0 Å². The number of hydrogen-bond acceptors (Lipinski definition) is 2. The Morgan fingerprint density at radius 3 is 0.783 bits per heavy atom. The Labute approximate surface area is 305 Å². The molecule has 3 nitrogen and oxygen atoms in total. The van der Waals surface area contributed by atoms with Crippen LogP contribution in [0, 0.1) is 7.43 Å². The van der Waals surface area contributed by atoms with E-state index in [1.54, 1.807) is 6.92 Å². The van der Waals surface area contributed by atoms with E-state index in [2.05, 4.69) is 21.8 Å². The summed E-state index contributed by atoms with van der Waals surface area (Å²) in [7, 11) is 0. The van der Waals surface area contributed by atoms with Crippen molar-refractivity contribution in [3.8, 4) is 0 Å². The van der Waals surface area contributed by atoms with Gasteiger partial charge < -0.3 is 12.2 Å². The number of ketones is 1. The Bertz CT molecular complexity index is 152. The van der Waals surface area contributed by atoms with Crippen molar-refractivity contribution < 1.29 is 261 Å². The van der Waals surface area contributed by atoms with Crippen LogP contribution < -0.4 is 0 Å². The number of Topliss-reactive ketones (excluding diaryl/α,β-unsaturated/α-hetero) is 1. The zero-order valence-electron chi connectivity index (χ0n) is 11.3. The van der Waals surface area contributed by atoms with Crippen molar-refractivity contribution in [3.63, 3.8) is 0 Å². The van der Waals surface area contributed by atoms with Gasteiger partial charge in [-0.05, 0) is 6.92 Å². The number of carbonyl (C=O) groups excluding carboxylic acids is 2. The molecule has 0 spiro atoms. The average molecular weight is 1480 g/mol. The van der Waals surface area contributed by atoms with Gasteiger partial charge in [0.25, 0.3) is 0 Å². The van der Waals surface area contributed by atoms with Gasteiger partial charge in [-0.15, -0.1) is 0 Å². The molecule has 0 aromatic heterocycles. The van der Waals surface area contributed by atoms with Crippen LogP contribution in [0.1, 0.15) is 27.2 Å². The molecule has 0 heterocycles. The fourth-order valence-electron chi connectivity index (χ4n) is 0. The van der Waals surface area contributed by atoms with Gasteiger partial charge in [0.1, 0.15) is 5.78 Å². The summed E-state index contributed by atoms with van der Waals surface area (Å²) in [5.41, 5.74) is 0. The fraction of sp³-hybridized carbons (Fsp3) is 0.571. The first-order chi connectivity index (χ1) is 4.54. The number of amides is 1. The molecule has 12 radical (unpaired) electrons. The molecule has 0 bridgehead atoms. The normalized spacial score (nSPS) is 3.13. The maximum Gasteiger partial charge on any atom is 0.129 e. The monoisotopic (exact) mass is 1480 g/mol. The van der Waals surface area contributed by atoms with Crippen LogP contribution in [0.25, 0.3) is 0 Å². The summed E-state index contributed by atoms with van der Waals surface area (Å²) in [5, 5.41) is 0. The third kappa shape index (κ3) is 172. The second-order valence-corrected chi connectivity index (χ2v) is 2.02. The molecule has 16 heteroatoms. The van der Waals surface area contributed by atoms with Crippen LogP contribution in [-0.4, -0.2) is 11.7 Å². The molecule has 23 heavy (non-hydrogen) atoms. The first-order valence-electron chi connectivity index (χ1n) is 2.84. The molecule has 177 valence electrons. The van der Waals surface area contributed by atoms with Gasteiger partial charge in [0, 0.05) is 240 Å². The topological polar surface area (TPSA) is 46.5 Å². The van der Waals surface area contributed by atoms with E-state index in [9.17, 15) is 9.59 Å². The van der Waals surface area contributed by atoms with Crippen LogP contribution in [0.4, 0.5) is 0 Å². The summed E-state index contributed by atoms with van der Waals surface area (Å²) < 4.78 is 3.14. The Morgan fingerprint density at radius 2 is 0.783 bits per heavy atom. The van der Waals surface area contributed by atoms with Gasteiger partial charge in [-0.2, -0.15) is 0 Å². The average Bonchev–Trinajstić information content (AvgIpc) is 1.89. The Hall–Kier alpha value is 7.24. The Balaban J connectivity index is -0.00000000274. The van der Waals surface area contributed by atoms with E-state index in [0.29, 0.717) is 6.42 Å². The third-order valence-electron chi connectivity index (χ3n) is 0.603. The first-order valence-corrected chi connectivity index (χ1v) is 3.57. The molecule has 0 aromatic rings. The summed E-state index contributed by atoms with van der Waals surface area (Å²) in [5.74, 6) is 0.0854. The van der Waals surface area contributed by atoms with Crippen molar-refractivity contribution in [2.45, 2.75) is 27.2 Å². The van der Waals surface area contributed by atoms with Gasteiger partial charge in [-0.1, -0.05) is 6.92 Å². The molecule has 0 rings (SSSR count). The van der Waals surface area contributed by atoms with E-state index in [1.165, 1.54) is 6.92 Å². The summed E-state index contributed by atoms with van der Waals surface area (Å²) in [4.78, 5) is 19.4. The maximum absolute atomic E-state index is 9.81. The number of hydrogen-bond donors (Lipinski definition) is 0. The Kier molecular flexibility index (Phi) is 486. The zero-order chi connectivity index (χ0) is 8.57. The second kappa shape index (κ2) is 100. The molecule has 0 aliphatic rings. The fourth-order valence-corrected chi connectivity index (χ4v) is 0. The van der Waals surface area contributed by atoms with Crippen molar-refractivity contribution in [2.24, 2.45) is 3.68 Å². The van der Waals surface area contributed by atoms with E-state index >= 15 is 0 Å². The third-order valence-corrected chi connectivity index (χ3v) is 1.12. The smallest absolute Gasteiger partial charge is 0.129 e. The predicted molar refractivity (Wildman–Crippen MR) is 40.5 cm³/mol. The summed E-state index contributed by atoms with van der Waals surface area (Å²) in [6, 6.07) is 0. The molecule has 0 N–H and O–H groups in total. The van der Waals surface area contributed by atoms with Crippen molar-refractivity contribution in [1.82, 2.24) is 0 Å². The molecule has 0 unspecified atom stereocenters. The molecule has 1 amide bonds. The standard InChI is InChI=1S/C4H8O.C2H3NO.CH3.13Rh/c1-3-4(2)5;1-2(3)4;;;;;;;;;;;;;;/h3H2,1-2H3;1H3;1H3;;;;;;;;;;;;;/q;;-1;;;;;;;;;;;;;. The van der Waals surface area contributed by atoms with E-state index in [1.807, 2.05) is 6.92 Å². The molecule has 0 atom stereocenters. The van der Waals surface area contributed by atoms with Crippen LogP contribution in [0.5, 0.6) is 0 Å². The molecular formula is C7H14NO2Rh13-. The Morgan fingerprint density at radius 1 is 0.696 bits per heavy atom. The summed E-state index contributed by atoms with van der Waals surface area (Å²) in [6.07, 6.45) is 0.667. The van der Waals surface area contributed by atoms with Gasteiger partial charge in [0.05, 0.1) is 0 Å². The first kappa shape index (κ1) is 111. The van der Waals surface area contributed by atoms with Crippen LogP contribution in [0.15, 0.2) is 3.68 Å². The minimum atomic E-state index is -0.169. The molecular weight excluding hydrogens is 1470 g/mol. The van der Waals surface area contributed by atoms with E-state index in [-0.39, 0.29) is 253 Å². The largest absolute Gasteiger partial charge is 0.358 e. The minimum absolute atomic E-state index is 0. The van der Waals surface area contributed by atoms with Gasteiger partial charge in [-0.25, -0.2) is 0 Å². The van der Waals surface area contributed by atoms with Crippen LogP contribution in [0.2, 0.25) is 0 Å². The SMILES string of the molecule is CC(=O)[N]=[Rh].CCC(C)=O.[CH3-].[Rh].[Rh].[Rh].[Rh].[Rh].[Rh].[Rh].[Rh].[Rh].[Rh].[Rh].[Rh]. The van der Waals surface area contributed by atoms with Crippen molar-refractivity contribution in [2.75, 3.05) is 0 Å². The predicted octanol–water partition coefficient (Wildman–Crippen LogP) is 1.67. The second-order valence-electron chi connectivity index (χ2n) is 1.65. The summed E-state index contributed by atoms with van der Waals surface area (Å²) >= 11 is 2.13. The molecule has 0 saturated heterocycles. The number of rotatable bonds is 1.